The van der Waals surface area contributed by atoms with Gasteiger partial charge in [-0.05, 0) is 29.9 Å². The highest BCUT2D eigenvalue weighted by Gasteiger charge is 2.31. The number of benzene rings is 1. The van der Waals surface area contributed by atoms with Gasteiger partial charge in [-0.15, -0.1) is 0 Å². The Morgan fingerprint density at radius 2 is 1.85 bits per heavy atom. The maximum Gasteiger partial charge on any atom is 0.326 e. The van der Waals surface area contributed by atoms with E-state index in [2.05, 4.69) is 10.0 Å². The van der Waals surface area contributed by atoms with E-state index in [0.717, 1.165) is 0 Å². The third-order valence-electron chi connectivity index (χ3n) is 4.23. The van der Waals surface area contributed by atoms with Crippen molar-refractivity contribution in [3.8, 4) is 0 Å². The summed E-state index contributed by atoms with van der Waals surface area (Å²) < 4.78 is 27.5. The molecule has 0 saturated heterocycles. The third kappa shape index (κ3) is 8.32. The average Bonchev–Trinajstić information content (AvgIpc) is 2.62. The monoisotopic (exact) mass is 416 g/mol. The molecule has 0 aliphatic heterocycles. The molecule has 1 amide bonds. The number of hydrogen-bond acceptors (Lipinski definition) is 5. The highest BCUT2D eigenvalue weighted by atomic mass is 32.2. The number of hydrogen-bond donors (Lipinski definition) is 3. The lowest BCUT2D eigenvalue weighted by atomic mass is 9.99. The van der Waals surface area contributed by atoms with E-state index in [1.807, 2.05) is 13.2 Å². The molecule has 9 heteroatoms. The number of nitrogens with one attached hydrogen (secondary N) is 2. The van der Waals surface area contributed by atoms with Crippen LogP contribution in [0.15, 0.2) is 30.3 Å². The van der Waals surface area contributed by atoms with E-state index in [-0.39, 0.29) is 18.1 Å². The van der Waals surface area contributed by atoms with Crippen LogP contribution in [0.5, 0.6) is 0 Å². The van der Waals surface area contributed by atoms with Gasteiger partial charge in [0.15, 0.2) is 0 Å². The molecule has 0 bridgehead atoms. The minimum atomic E-state index is -3.77. The summed E-state index contributed by atoms with van der Waals surface area (Å²) in [4.78, 5) is 24.0. The first kappa shape index (κ1) is 23.5. The Labute approximate surface area is 165 Å². The largest absolute Gasteiger partial charge is 0.480 e. The number of carboxylic acid groups (broad SMARTS) is 1. The number of sulfonamides is 1. The molecule has 0 aliphatic rings. The first-order valence-electron chi connectivity index (χ1n) is 8.76. The van der Waals surface area contributed by atoms with Gasteiger partial charge in [-0.1, -0.05) is 50.6 Å². The normalized spacial score (nSPS) is 14.9. The molecular weight excluding hydrogens is 388 g/mol. The predicted octanol–water partition coefficient (Wildman–Crippen LogP) is 1.84. The smallest absolute Gasteiger partial charge is 0.326 e. The van der Waals surface area contributed by atoms with Crippen LogP contribution in [-0.4, -0.2) is 49.5 Å². The van der Waals surface area contributed by atoms with E-state index in [0.29, 0.717) is 17.7 Å². The third-order valence-corrected chi connectivity index (χ3v) is 6.20. The van der Waals surface area contributed by atoms with Crippen molar-refractivity contribution in [1.82, 2.24) is 10.0 Å². The standard InChI is InChI=1S/C18H28N2O5S2/c1-4-13(2)16(17(21)19-15(18(22)23)10-11-26-3)20-27(24,25)12-14-8-6-5-7-9-14/h5-9,13,15-16,20H,4,10-12H2,1-3H3,(H,19,21)(H,22,23)/t13-,15+,16-/m1/s1. The minimum absolute atomic E-state index is 0.247. The molecule has 3 N–H and O–H groups in total. The van der Waals surface area contributed by atoms with E-state index in [4.69, 9.17) is 0 Å². The summed E-state index contributed by atoms with van der Waals surface area (Å²) in [6, 6.07) is 6.59. The molecule has 0 unspecified atom stereocenters. The number of carbonyl (C=O) groups excluding carboxylic acids is 1. The molecule has 1 aromatic rings. The van der Waals surface area contributed by atoms with E-state index in [1.165, 1.54) is 11.8 Å². The summed E-state index contributed by atoms with van der Waals surface area (Å²) in [5.74, 6) is -1.71. The molecular formula is C18H28N2O5S2. The summed E-state index contributed by atoms with van der Waals surface area (Å²) in [5.41, 5.74) is 0.608. The van der Waals surface area contributed by atoms with Crippen LogP contribution >= 0.6 is 11.8 Å². The lowest BCUT2D eigenvalue weighted by Gasteiger charge is -2.25. The topological polar surface area (TPSA) is 113 Å². The van der Waals surface area contributed by atoms with Gasteiger partial charge in [0, 0.05) is 0 Å². The second-order valence-electron chi connectivity index (χ2n) is 6.41. The molecule has 0 aliphatic carbocycles. The fourth-order valence-electron chi connectivity index (χ4n) is 2.45. The van der Waals surface area contributed by atoms with Gasteiger partial charge >= 0.3 is 5.97 Å². The van der Waals surface area contributed by atoms with E-state index in [1.54, 1.807) is 37.3 Å². The van der Waals surface area contributed by atoms with Gasteiger partial charge in [0.2, 0.25) is 15.9 Å². The molecule has 0 saturated carbocycles. The van der Waals surface area contributed by atoms with Crippen molar-refractivity contribution in [2.45, 2.75) is 44.5 Å². The minimum Gasteiger partial charge on any atom is -0.480 e. The van der Waals surface area contributed by atoms with E-state index < -0.39 is 34.0 Å². The van der Waals surface area contributed by atoms with Gasteiger partial charge in [0.25, 0.3) is 0 Å². The molecule has 1 aromatic carbocycles. The second-order valence-corrected chi connectivity index (χ2v) is 9.15. The van der Waals surface area contributed by atoms with Crippen LogP contribution in [-0.2, 0) is 25.4 Å². The predicted molar refractivity (Wildman–Crippen MR) is 108 cm³/mol. The SMILES string of the molecule is CC[C@@H](C)[C@@H](NS(=O)(=O)Cc1ccccc1)C(=O)N[C@@H](CCSC)C(=O)O. The van der Waals surface area contributed by atoms with Crippen molar-refractivity contribution in [1.29, 1.82) is 0 Å². The van der Waals surface area contributed by atoms with Crippen molar-refractivity contribution in [3.63, 3.8) is 0 Å². The molecule has 0 spiro atoms. The lowest BCUT2D eigenvalue weighted by molar-refractivity contribution is -0.142. The molecule has 0 heterocycles. The van der Waals surface area contributed by atoms with Crippen molar-refractivity contribution in [2.24, 2.45) is 5.92 Å². The van der Waals surface area contributed by atoms with Crippen molar-refractivity contribution in [3.05, 3.63) is 35.9 Å². The summed E-state index contributed by atoms with van der Waals surface area (Å²) in [5, 5.41) is 11.8. The van der Waals surface area contributed by atoms with Crippen LogP contribution in [0.4, 0.5) is 0 Å². The summed E-state index contributed by atoms with van der Waals surface area (Å²) in [6.45, 7) is 3.60. The van der Waals surface area contributed by atoms with Crippen molar-refractivity contribution < 1.29 is 23.1 Å². The quantitative estimate of drug-likeness (QED) is 0.479. The maximum atomic E-state index is 12.6. The Bertz CT molecular complexity index is 710. The Morgan fingerprint density at radius 3 is 2.37 bits per heavy atom. The van der Waals surface area contributed by atoms with Crippen LogP contribution in [0.25, 0.3) is 0 Å². The van der Waals surface area contributed by atoms with Gasteiger partial charge in [-0.25, -0.2) is 17.9 Å². The molecule has 0 fully saturated rings. The van der Waals surface area contributed by atoms with Crippen LogP contribution in [0.3, 0.4) is 0 Å². The molecule has 7 nitrogen and oxygen atoms in total. The summed E-state index contributed by atoms with van der Waals surface area (Å²) in [6.07, 6.45) is 2.68. The van der Waals surface area contributed by atoms with Crippen molar-refractivity contribution >= 4 is 33.7 Å². The Kier molecular flexibility index (Phi) is 9.82. The number of amides is 1. The zero-order chi connectivity index (χ0) is 20.4. The van der Waals surface area contributed by atoms with Crippen LogP contribution < -0.4 is 10.0 Å². The first-order chi connectivity index (χ1) is 12.7. The fourth-order valence-corrected chi connectivity index (χ4v) is 4.36. The van der Waals surface area contributed by atoms with Crippen molar-refractivity contribution in [2.75, 3.05) is 12.0 Å². The second kappa shape index (κ2) is 11.3. The molecule has 0 aromatic heterocycles. The molecule has 27 heavy (non-hydrogen) atoms. The Balaban J connectivity index is 2.90. The zero-order valence-corrected chi connectivity index (χ0v) is 17.5. The number of aliphatic carboxylic acids is 1. The highest BCUT2D eigenvalue weighted by molar-refractivity contribution is 7.98. The van der Waals surface area contributed by atoms with Gasteiger partial charge in [-0.2, -0.15) is 11.8 Å². The Morgan fingerprint density at radius 1 is 1.22 bits per heavy atom. The van der Waals surface area contributed by atoms with Gasteiger partial charge < -0.3 is 10.4 Å². The number of rotatable bonds is 12. The van der Waals surface area contributed by atoms with Gasteiger partial charge in [0.1, 0.15) is 12.1 Å². The van der Waals surface area contributed by atoms with E-state index >= 15 is 0 Å². The number of carboxylic acids is 1. The molecule has 152 valence electrons. The summed E-state index contributed by atoms with van der Waals surface area (Å²) >= 11 is 1.48. The Hall–Kier alpha value is -1.58. The van der Waals surface area contributed by atoms with Gasteiger partial charge in [-0.3, -0.25) is 4.79 Å². The molecule has 0 radical (unpaired) electrons. The summed E-state index contributed by atoms with van der Waals surface area (Å²) in [7, 11) is -3.77. The van der Waals surface area contributed by atoms with Crippen LogP contribution in [0.1, 0.15) is 32.3 Å². The molecule has 1 rings (SSSR count). The average molecular weight is 417 g/mol. The van der Waals surface area contributed by atoms with Gasteiger partial charge in [0.05, 0.1) is 5.75 Å². The van der Waals surface area contributed by atoms with E-state index in [9.17, 15) is 23.1 Å². The fraction of sp³-hybridized carbons (Fsp3) is 0.556. The number of thioether (sulfide) groups is 1. The maximum absolute atomic E-state index is 12.6. The lowest BCUT2D eigenvalue weighted by Crippen LogP contribution is -2.54. The van der Waals surface area contributed by atoms with Crippen LogP contribution in [0.2, 0.25) is 0 Å². The van der Waals surface area contributed by atoms with Crippen LogP contribution in [0, 0.1) is 5.92 Å². The zero-order valence-electron chi connectivity index (χ0n) is 15.8. The number of carbonyl (C=O) groups is 2. The molecule has 3 atom stereocenters. The highest BCUT2D eigenvalue weighted by Crippen LogP contribution is 2.13. The first-order valence-corrected chi connectivity index (χ1v) is 11.8.